The summed E-state index contributed by atoms with van der Waals surface area (Å²) >= 11 is 0. The predicted molar refractivity (Wildman–Crippen MR) is 75.7 cm³/mol. The van der Waals surface area contributed by atoms with Gasteiger partial charge in [-0.3, -0.25) is 0 Å². The molecule has 0 aromatic carbocycles. The van der Waals surface area contributed by atoms with Crippen molar-refractivity contribution in [1.82, 2.24) is 4.98 Å². The quantitative estimate of drug-likeness (QED) is 0.524. The van der Waals surface area contributed by atoms with E-state index in [1.54, 1.807) is 42.7 Å². The van der Waals surface area contributed by atoms with Crippen LogP contribution in [0.1, 0.15) is 6.42 Å². The molecule has 0 aliphatic rings. The van der Waals surface area contributed by atoms with Crippen LogP contribution in [0.3, 0.4) is 0 Å². The fourth-order valence-corrected chi connectivity index (χ4v) is 9.84. The van der Waals surface area contributed by atoms with E-state index < -0.39 is 17.6 Å². The summed E-state index contributed by atoms with van der Waals surface area (Å²) in [7, 11) is 6.69. The Kier molecular flexibility index (Phi) is 9.52. The van der Waals surface area contributed by atoms with Crippen LogP contribution in [-0.4, -0.2) is 77.2 Å². The fraction of sp³-hybridized carbons (Fsp3) is 1.00. The molecule has 0 aliphatic heterocycles. The van der Waals surface area contributed by atoms with Crippen molar-refractivity contribution in [1.29, 1.82) is 0 Å². The van der Waals surface area contributed by atoms with Gasteiger partial charge < -0.3 is 31.5 Å². The lowest BCUT2D eigenvalue weighted by Gasteiger charge is -2.39. The van der Waals surface area contributed by atoms with Crippen LogP contribution in [0.4, 0.5) is 0 Å². The molecule has 0 unspecified atom stereocenters. The zero-order valence-corrected chi connectivity index (χ0v) is 15.4. The maximum absolute atomic E-state index is 5.55. The normalized spacial score (nSPS) is 13.3. The van der Waals surface area contributed by atoms with Gasteiger partial charge in [0, 0.05) is 42.7 Å². The summed E-state index contributed by atoms with van der Waals surface area (Å²) in [5, 5.41) is -0.233. The van der Waals surface area contributed by atoms with Crippen LogP contribution in [0.15, 0.2) is 0 Å². The van der Waals surface area contributed by atoms with Crippen LogP contribution in [-0.2, 0) is 26.6 Å². The SMILES string of the molecule is CO[Si](OC)(OC)C(CCN[Si])[Si](OC)(OC)OC. The first-order valence-corrected chi connectivity index (χ1v) is 9.87. The van der Waals surface area contributed by atoms with Gasteiger partial charge in [0.15, 0.2) is 0 Å². The third kappa shape index (κ3) is 4.17. The molecule has 0 atom stereocenters. The molecule has 0 amide bonds. The van der Waals surface area contributed by atoms with Crippen LogP contribution in [0.5, 0.6) is 0 Å². The van der Waals surface area contributed by atoms with Crippen molar-refractivity contribution in [2.75, 3.05) is 49.2 Å². The van der Waals surface area contributed by atoms with E-state index in [9.17, 15) is 0 Å². The number of nitrogens with one attached hydrogen (secondary N) is 1. The number of rotatable bonds is 11. The molecule has 0 fully saturated rings. The zero-order chi connectivity index (χ0) is 14.9. The van der Waals surface area contributed by atoms with Gasteiger partial charge in [0.2, 0.25) is 0 Å². The van der Waals surface area contributed by atoms with Gasteiger partial charge in [-0.25, -0.2) is 0 Å². The summed E-state index contributed by atoms with van der Waals surface area (Å²) in [5.41, 5.74) is 0. The second-order valence-corrected chi connectivity index (χ2v) is 10.9. The lowest BCUT2D eigenvalue weighted by molar-refractivity contribution is 0.0785. The molecule has 0 aromatic heterocycles. The van der Waals surface area contributed by atoms with Gasteiger partial charge in [0.05, 0.1) is 0 Å². The number of hydrogen-bond acceptors (Lipinski definition) is 7. The molecule has 19 heavy (non-hydrogen) atoms. The lowest BCUT2D eigenvalue weighted by atomic mass is 10.5. The minimum atomic E-state index is -2.96. The minimum Gasteiger partial charge on any atom is -0.377 e. The van der Waals surface area contributed by atoms with Crippen LogP contribution in [0.25, 0.3) is 0 Å². The largest absolute Gasteiger partial charge is 0.508 e. The van der Waals surface area contributed by atoms with Crippen molar-refractivity contribution in [3.8, 4) is 0 Å². The van der Waals surface area contributed by atoms with Crippen molar-refractivity contribution in [3.63, 3.8) is 0 Å². The summed E-state index contributed by atoms with van der Waals surface area (Å²) in [6.07, 6.45) is 0.660. The van der Waals surface area contributed by atoms with E-state index in [1.807, 2.05) is 0 Å². The summed E-state index contributed by atoms with van der Waals surface area (Å²) in [6.45, 7) is 0.664. The van der Waals surface area contributed by atoms with Crippen molar-refractivity contribution < 1.29 is 26.6 Å². The van der Waals surface area contributed by atoms with Crippen molar-refractivity contribution in [2.24, 2.45) is 0 Å². The Morgan fingerprint density at radius 2 is 1.11 bits per heavy atom. The highest BCUT2D eigenvalue weighted by atomic mass is 28.5. The van der Waals surface area contributed by atoms with Crippen molar-refractivity contribution >= 4 is 28.0 Å². The molecule has 10 heteroatoms. The first kappa shape index (κ1) is 19.4. The van der Waals surface area contributed by atoms with Crippen LogP contribution in [0.2, 0.25) is 5.16 Å². The molecule has 3 radical (unpaired) electrons. The number of hydrogen-bond donors (Lipinski definition) is 1. The Morgan fingerprint density at radius 3 is 1.32 bits per heavy atom. The van der Waals surface area contributed by atoms with E-state index in [4.69, 9.17) is 26.6 Å². The maximum atomic E-state index is 5.55. The smallest absolute Gasteiger partial charge is 0.377 e. The highest BCUT2D eigenvalue weighted by Gasteiger charge is 2.63. The van der Waals surface area contributed by atoms with Gasteiger partial charge in [0.25, 0.3) is 0 Å². The zero-order valence-electron chi connectivity index (χ0n) is 12.4. The van der Waals surface area contributed by atoms with E-state index in [0.717, 1.165) is 0 Å². The van der Waals surface area contributed by atoms with Gasteiger partial charge in [0.1, 0.15) is 15.6 Å². The maximum Gasteiger partial charge on any atom is 0.508 e. The first-order chi connectivity index (χ1) is 9.06. The van der Waals surface area contributed by atoms with Gasteiger partial charge in [-0.15, -0.1) is 0 Å². The predicted octanol–water partition coefficient (Wildman–Crippen LogP) is -0.285. The molecule has 0 saturated carbocycles. The Hall–Kier alpha value is 0.371. The second-order valence-electron chi connectivity index (χ2n) is 3.70. The highest BCUT2D eigenvalue weighted by Crippen LogP contribution is 2.37. The molecule has 7 nitrogen and oxygen atoms in total. The average Bonchev–Trinajstić information content (AvgIpc) is 2.48. The van der Waals surface area contributed by atoms with Crippen molar-refractivity contribution in [2.45, 2.75) is 11.6 Å². The van der Waals surface area contributed by atoms with Crippen LogP contribution in [0, 0.1) is 0 Å². The third-order valence-electron chi connectivity index (χ3n) is 3.12. The topological polar surface area (TPSA) is 67.4 Å². The fourth-order valence-electron chi connectivity index (χ4n) is 2.14. The summed E-state index contributed by atoms with van der Waals surface area (Å²) in [5.74, 6) is 0. The Balaban J connectivity index is 5.49. The first-order valence-electron chi connectivity index (χ1n) is 5.76. The van der Waals surface area contributed by atoms with Gasteiger partial charge in [-0.1, -0.05) is 0 Å². The van der Waals surface area contributed by atoms with E-state index >= 15 is 0 Å². The third-order valence-corrected chi connectivity index (χ3v) is 11.2. The lowest BCUT2D eigenvalue weighted by Crippen LogP contribution is -2.62. The molecular formula is C9H24NO6Si3. The summed E-state index contributed by atoms with van der Waals surface area (Å²) in [4.78, 5) is 2.90. The van der Waals surface area contributed by atoms with E-state index in [0.29, 0.717) is 13.0 Å². The van der Waals surface area contributed by atoms with Crippen LogP contribution >= 0.6 is 0 Å². The molecule has 0 saturated heterocycles. The van der Waals surface area contributed by atoms with Gasteiger partial charge >= 0.3 is 17.6 Å². The molecular weight excluding hydrogens is 302 g/mol. The molecule has 0 bridgehead atoms. The van der Waals surface area contributed by atoms with Crippen LogP contribution < -0.4 is 4.98 Å². The van der Waals surface area contributed by atoms with E-state index in [1.165, 1.54) is 0 Å². The molecule has 0 spiro atoms. The Morgan fingerprint density at radius 1 is 0.789 bits per heavy atom. The Labute approximate surface area is 121 Å². The highest BCUT2D eigenvalue weighted by molar-refractivity contribution is 6.82. The monoisotopic (exact) mass is 326 g/mol. The molecule has 1 N–H and O–H groups in total. The summed E-state index contributed by atoms with van der Waals surface area (Å²) in [6, 6.07) is 0. The molecule has 0 rings (SSSR count). The van der Waals surface area contributed by atoms with E-state index in [2.05, 4.69) is 15.4 Å². The van der Waals surface area contributed by atoms with Gasteiger partial charge in [-0.2, -0.15) is 0 Å². The standard InChI is InChI=1S/C9H24NO6Si3/c1-11-18(12-2,13-3)9(7-8-10-17)19(14-4,15-5)16-6/h9-10H,7-8H2,1-6H3. The van der Waals surface area contributed by atoms with Crippen molar-refractivity contribution in [3.05, 3.63) is 0 Å². The molecule has 0 aliphatic carbocycles. The average molecular weight is 327 g/mol. The minimum absolute atomic E-state index is 0.233. The van der Waals surface area contributed by atoms with Gasteiger partial charge in [-0.05, 0) is 13.0 Å². The summed E-state index contributed by atoms with van der Waals surface area (Å²) < 4.78 is 33.3. The van der Waals surface area contributed by atoms with E-state index in [-0.39, 0.29) is 5.16 Å². The Bertz CT molecular complexity index is 203. The molecule has 0 heterocycles. The second kappa shape index (κ2) is 9.33. The molecule has 113 valence electrons. The molecule has 0 aromatic rings.